The first-order valence-corrected chi connectivity index (χ1v) is 7.15. The van der Waals surface area contributed by atoms with Crippen LogP contribution in [0, 0.1) is 0 Å². The highest BCUT2D eigenvalue weighted by Gasteiger charge is 2.37. The largest absolute Gasteiger partial charge is 0.449 e. The van der Waals surface area contributed by atoms with Gasteiger partial charge in [0.2, 0.25) is 5.82 Å². The molecule has 0 amide bonds. The summed E-state index contributed by atoms with van der Waals surface area (Å²) >= 11 is 0. The maximum absolute atomic E-state index is 13.2. The number of carbonyl (C=O) groups is 1. The summed E-state index contributed by atoms with van der Waals surface area (Å²) in [5.41, 5.74) is 1.57. The average Bonchev–Trinajstić information content (AvgIpc) is 2.94. The molecular formula is C17H13F3N2O2. The number of Topliss-reactive ketones (excluding diaryl/α,β-unsaturated/α-hetero) is 1. The van der Waals surface area contributed by atoms with Crippen LogP contribution in [0.5, 0.6) is 0 Å². The smallest absolute Gasteiger partial charge is 0.388 e. The van der Waals surface area contributed by atoms with Crippen molar-refractivity contribution in [3.63, 3.8) is 0 Å². The maximum atomic E-state index is 13.2. The Morgan fingerprint density at radius 1 is 1.08 bits per heavy atom. The van der Waals surface area contributed by atoms with E-state index in [9.17, 15) is 18.0 Å². The number of imidazole rings is 1. The Labute approximate surface area is 135 Å². The van der Waals surface area contributed by atoms with Gasteiger partial charge in [0.05, 0.1) is 11.0 Å². The van der Waals surface area contributed by atoms with Crippen molar-refractivity contribution in [3.8, 4) is 0 Å². The van der Waals surface area contributed by atoms with Crippen molar-refractivity contribution in [2.24, 2.45) is 0 Å². The molecule has 4 nitrogen and oxygen atoms in total. The molecule has 0 bridgehead atoms. The molecule has 1 aromatic heterocycles. The van der Waals surface area contributed by atoms with Crippen molar-refractivity contribution >= 4 is 16.8 Å². The third-order valence-corrected chi connectivity index (χ3v) is 3.67. The Bertz CT molecular complexity index is 883. The van der Waals surface area contributed by atoms with Crippen LogP contribution < -0.4 is 0 Å². The second-order valence-corrected chi connectivity index (χ2v) is 5.29. The summed E-state index contributed by atoms with van der Waals surface area (Å²) in [5.74, 6) is -1.40. The molecule has 0 spiro atoms. The Morgan fingerprint density at radius 3 is 2.38 bits per heavy atom. The molecule has 0 saturated carbocycles. The molecule has 0 aliphatic heterocycles. The first-order valence-electron chi connectivity index (χ1n) is 7.15. The zero-order chi connectivity index (χ0) is 17.3. The van der Waals surface area contributed by atoms with Crippen molar-refractivity contribution in [1.82, 2.24) is 9.55 Å². The minimum atomic E-state index is -4.56. The van der Waals surface area contributed by atoms with Gasteiger partial charge in [0, 0.05) is 12.1 Å². The van der Waals surface area contributed by atoms with Gasteiger partial charge in [0.25, 0.3) is 0 Å². The van der Waals surface area contributed by atoms with E-state index in [4.69, 9.17) is 5.11 Å². The lowest BCUT2D eigenvalue weighted by atomic mass is 10.1. The zero-order valence-corrected chi connectivity index (χ0v) is 12.4. The van der Waals surface area contributed by atoms with Crippen LogP contribution in [-0.4, -0.2) is 27.0 Å². The molecule has 3 rings (SSSR count). The van der Waals surface area contributed by atoms with Crippen molar-refractivity contribution in [3.05, 3.63) is 65.5 Å². The number of aliphatic hydroxyl groups is 1. The summed E-state index contributed by atoms with van der Waals surface area (Å²) in [7, 11) is 0. The predicted octanol–water partition coefficient (Wildman–Crippen LogP) is 3.28. The van der Waals surface area contributed by atoms with Crippen LogP contribution in [0.25, 0.3) is 11.0 Å². The van der Waals surface area contributed by atoms with Gasteiger partial charge in [-0.15, -0.1) is 0 Å². The predicted molar refractivity (Wildman–Crippen MR) is 81.7 cm³/mol. The van der Waals surface area contributed by atoms with Gasteiger partial charge in [-0.05, 0) is 17.7 Å². The van der Waals surface area contributed by atoms with Gasteiger partial charge in [-0.3, -0.25) is 4.79 Å². The minimum Gasteiger partial charge on any atom is -0.388 e. The number of rotatable bonds is 4. The van der Waals surface area contributed by atoms with Crippen LogP contribution in [0.15, 0.2) is 48.5 Å². The van der Waals surface area contributed by atoms with Crippen molar-refractivity contribution in [2.45, 2.75) is 12.7 Å². The van der Waals surface area contributed by atoms with Gasteiger partial charge in [0.15, 0.2) is 5.78 Å². The SMILES string of the molecule is O=C(CO)c1ccc(Cn2c(C(F)(F)F)nc3ccccc32)cc1. The number of alkyl halides is 3. The highest BCUT2D eigenvalue weighted by Crippen LogP contribution is 2.32. The van der Waals surface area contributed by atoms with E-state index in [1.165, 1.54) is 18.2 Å². The number of aromatic nitrogens is 2. The molecule has 3 aromatic rings. The van der Waals surface area contributed by atoms with Crippen LogP contribution in [0.4, 0.5) is 13.2 Å². The summed E-state index contributed by atoms with van der Waals surface area (Å²) in [6, 6.07) is 12.5. The standard InChI is InChI=1S/C17H13F3N2O2/c18-17(19,20)16-21-13-3-1-2-4-14(13)22(16)9-11-5-7-12(8-6-11)15(24)10-23/h1-8,23H,9-10H2. The molecule has 0 aliphatic rings. The molecule has 0 fully saturated rings. The number of halogens is 3. The van der Waals surface area contributed by atoms with E-state index in [2.05, 4.69) is 4.98 Å². The van der Waals surface area contributed by atoms with E-state index < -0.39 is 24.4 Å². The number of nitrogens with zero attached hydrogens (tertiary/aromatic N) is 2. The van der Waals surface area contributed by atoms with Crippen molar-refractivity contribution in [2.75, 3.05) is 6.61 Å². The summed E-state index contributed by atoms with van der Waals surface area (Å²) in [5, 5.41) is 8.82. The van der Waals surface area contributed by atoms with Crippen LogP contribution in [0.2, 0.25) is 0 Å². The number of fused-ring (bicyclic) bond motifs is 1. The van der Waals surface area contributed by atoms with Crippen LogP contribution in [0.1, 0.15) is 21.7 Å². The quantitative estimate of drug-likeness (QED) is 0.745. The summed E-state index contributed by atoms with van der Waals surface area (Å²) in [4.78, 5) is 15.1. The zero-order valence-electron chi connectivity index (χ0n) is 12.4. The molecule has 124 valence electrons. The average molecular weight is 334 g/mol. The lowest BCUT2D eigenvalue weighted by molar-refractivity contribution is -0.146. The number of hydrogen-bond donors (Lipinski definition) is 1. The van der Waals surface area contributed by atoms with Crippen LogP contribution in [-0.2, 0) is 12.7 Å². The van der Waals surface area contributed by atoms with E-state index in [1.807, 2.05) is 0 Å². The number of benzene rings is 2. The molecule has 1 heterocycles. The van der Waals surface area contributed by atoms with Gasteiger partial charge < -0.3 is 9.67 Å². The molecular weight excluding hydrogens is 321 g/mol. The molecule has 7 heteroatoms. The Hall–Kier alpha value is -2.67. The van der Waals surface area contributed by atoms with E-state index in [0.717, 1.165) is 4.57 Å². The molecule has 1 N–H and O–H groups in total. The number of carbonyl (C=O) groups excluding carboxylic acids is 1. The Morgan fingerprint density at radius 2 is 1.75 bits per heavy atom. The second-order valence-electron chi connectivity index (χ2n) is 5.29. The monoisotopic (exact) mass is 334 g/mol. The molecule has 0 unspecified atom stereocenters. The van der Waals surface area contributed by atoms with Crippen molar-refractivity contribution < 1.29 is 23.1 Å². The van der Waals surface area contributed by atoms with Crippen molar-refractivity contribution in [1.29, 1.82) is 0 Å². The third-order valence-electron chi connectivity index (χ3n) is 3.67. The summed E-state index contributed by atoms with van der Waals surface area (Å²) in [6.07, 6.45) is -4.56. The molecule has 0 atom stereocenters. The van der Waals surface area contributed by atoms with E-state index >= 15 is 0 Å². The second kappa shape index (κ2) is 6.09. The molecule has 0 radical (unpaired) electrons. The van der Waals surface area contributed by atoms with Gasteiger partial charge in [-0.1, -0.05) is 36.4 Å². The Balaban J connectivity index is 2.01. The van der Waals surface area contributed by atoms with Gasteiger partial charge in [-0.25, -0.2) is 4.98 Å². The van der Waals surface area contributed by atoms with Crippen LogP contribution >= 0.6 is 0 Å². The lowest BCUT2D eigenvalue weighted by Crippen LogP contribution is -2.15. The normalized spacial score (nSPS) is 11.8. The number of aliphatic hydroxyl groups excluding tert-OH is 1. The van der Waals surface area contributed by atoms with Gasteiger partial charge in [-0.2, -0.15) is 13.2 Å². The molecule has 24 heavy (non-hydrogen) atoms. The fourth-order valence-electron chi connectivity index (χ4n) is 2.52. The third kappa shape index (κ3) is 3.03. The molecule has 0 aliphatic carbocycles. The molecule has 2 aromatic carbocycles. The van der Waals surface area contributed by atoms with Gasteiger partial charge in [0.1, 0.15) is 6.61 Å². The number of hydrogen-bond acceptors (Lipinski definition) is 3. The lowest BCUT2D eigenvalue weighted by Gasteiger charge is -2.12. The highest BCUT2D eigenvalue weighted by atomic mass is 19.4. The maximum Gasteiger partial charge on any atom is 0.449 e. The van der Waals surface area contributed by atoms with E-state index in [0.29, 0.717) is 16.6 Å². The van der Waals surface area contributed by atoms with E-state index in [1.54, 1.807) is 30.3 Å². The first-order chi connectivity index (χ1) is 11.4. The fourth-order valence-corrected chi connectivity index (χ4v) is 2.52. The Kier molecular flexibility index (Phi) is 4.11. The number of para-hydroxylation sites is 2. The highest BCUT2D eigenvalue weighted by molar-refractivity contribution is 5.96. The van der Waals surface area contributed by atoms with E-state index in [-0.39, 0.29) is 12.1 Å². The summed E-state index contributed by atoms with van der Waals surface area (Å²) in [6.45, 7) is -0.632. The van der Waals surface area contributed by atoms with Crippen LogP contribution in [0.3, 0.4) is 0 Å². The summed E-state index contributed by atoms with van der Waals surface area (Å²) < 4.78 is 40.9. The fraction of sp³-hybridized carbons (Fsp3) is 0.176. The first kappa shape index (κ1) is 16.2. The number of ketones is 1. The molecule has 0 saturated heterocycles. The topological polar surface area (TPSA) is 55.1 Å². The van der Waals surface area contributed by atoms with Gasteiger partial charge >= 0.3 is 6.18 Å². The minimum absolute atomic E-state index is 0.0248.